The van der Waals surface area contributed by atoms with Crippen LogP contribution in [-0.2, 0) is 37.6 Å². The van der Waals surface area contributed by atoms with E-state index in [2.05, 4.69) is 18.0 Å². The van der Waals surface area contributed by atoms with Gasteiger partial charge in [-0.2, -0.15) is 4.31 Å². The van der Waals surface area contributed by atoms with Crippen LogP contribution in [0.1, 0.15) is 74.5 Å². The fourth-order valence-electron chi connectivity index (χ4n) is 9.72. The van der Waals surface area contributed by atoms with Crippen molar-refractivity contribution in [3.63, 3.8) is 0 Å². The van der Waals surface area contributed by atoms with Crippen molar-refractivity contribution in [1.29, 1.82) is 0 Å². The van der Waals surface area contributed by atoms with Gasteiger partial charge in [0.05, 0.1) is 34.1 Å². The quantitative estimate of drug-likeness (QED) is 0.0296. The molecule has 0 bridgehead atoms. The van der Waals surface area contributed by atoms with Crippen LogP contribution in [0.4, 0.5) is 15.8 Å². The number of likely N-dealkylation sites (N-methyl/N-ethyl adjacent to an activating group) is 1. The van der Waals surface area contributed by atoms with Gasteiger partial charge in [-0.3, -0.25) is 14.9 Å². The van der Waals surface area contributed by atoms with Gasteiger partial charge >= 0.3 is 0 Å². The van der Waals surface area contributed by atoms with Crippen molar-refractivity contribution in [2.24, 2.45) is 22.9 Å². The number of aliphatic hydroxyl groups excluding tert-OH is 2. The summed E-state index contributed by atoms with van der Waals surface area (Å²) in [4.78, 5) is 28.7. The Morgan fingerprint density at radius 3 is 2.40 bits per heavy atom. The topological polar surface area (TPSA) is 199 Å². The number of rotatable bonds is 22. The largest absolute Gasteiger partial charge is 0.489 e. The van der Waals surface area contributed by atoms with Gasteiger partial charge in [0.25, 0.3) is 5.69 Å². The van der Waals surface area contributed by atoms with E-state index < -0.39 is 44.4 Å². The van der Waals surface area contributed by atoms with Crippen LogP contribution in [0.2, 0.25) is 0 Å². The van der Waals surface area contributed by atoms with Gasteiger partial charge in [0, 0.05) is 68.5 Å². The molecule has 4 aromatic carbocycles. The normalized spacial score (nSPS) is 22.5. The molecule has 0 spiro atoms. The molecule has 6 atom stereocenters. The summed E-state index contributed by atoms with van der Waals surface area (Å²) < 4.78 is 66.2. The Labute approximate surface area is 390 Å². The zero-order valence-electron chi connectivity index (χ0n) is 37.6. The molecule has 3 aliphatic rings. The number of halogens is 1. The molecule has 17 heteroatoms. The van der Waals surface area contributed by atoms with Crippen molar-refractivity contribution in [3.8, 4) is 11.5 Å². The summed E-state index contributed by atoms with van der Waals surface area (Å²) in [5.74, 6) is -2.88. The van der Waals surface area contributed by atoms with Crippen molar-refractivity contribution in [3.05, 3.63) is 148 Å². The number of sulfonamides is 1. The van der Waals surface area contributed by atoms with E-state index in [9.17, 15) is 37.9 Å². The number of oxime groups is 1. The number of benzene rings is 4. The number of hydrogen-bond donors (Lipinski definition) is 3. The number of nitrogens with zero attached hydrogens (tertiary/aromatic N) is 3. The molecule has 1 heterocycles. The molecule has 4 aromatic rings. The third-order valence-corrected chi connectivity index (χ3v) is 14.7. The van der Waals surface area contributed by atoms with Crippen molar-refractivity contribution in [1.82, 2.24) is 4.31 Å². The Balaban J connectivity index is 1.41. The molecule has 67 heavy (non-hydrogen) atoms. The number of non-ortho nitro benzene ring substituents is 1. The van der Waals surface area contributed by atoms with E-state index in [0.29, 0.717) is 72.5 Å². The Kier molecular flexibility index (Phi) is 15.9. The molecule has 3 N–H and O–H groups in total. The first kappa shape index (κ1) is 48.9. The third-order valence-electron chi connectivity index (χ3n) is 12.8. The molecular weight excluding hydrogens is 884 g/mol. The van der Waals surface area contributed by atoms with E-state index in [-0.39, 0.29) is 67.8 Å². The van der Waals surface area contributed by atoms with Crippen molar-refractivity contribution in [2.75, 3.05) is 32.2 Å². The second-order valence-electron chi connectivity index (χ2n) is 17.1. The molecule has 1 fully saturated rings. The second-order valence-corrected chi connectivity index (χ2v) is 19.1. The molecule has 6 unspecified atom stereocenters. The van der Waals surface area contributed by atoms with Gasteiger partial charge in [0.1, 0.15) is 30.5 Å². The van der Waals surface area contributed by atoms with Crippen LogP contribution in [0.25, 0.3) is 0 Å². The van der Waals surface area contributed by atoms with E-state index >= 15 is 0 Å². The number of aliphatic hydroxyl groups is 2. The Morgan fingerprint density at radius 2 is 1.73 bits per heavy atom. The first-order chi connectivity index (χ1) is 32.3. The molecule has 0 aromatic heterocycles. The summed E-state index contributed by atoms with van der Waals surface area (Å²) in [5, 5.41) is 38.7. The molecule has 0 saturated heterocycles. The molecule has 356 valence electrons. The minimum atomic E-state index is -4.34. The number of carbonyl (C=O) groups excluding carboxylic acids is 1. The highest BCUT2D eigenvalue weighted by molar-refractivity contribution is 7.89. The molecule has 0 radical (unpaired) electrons. The maximum atomic E-state index is 14.9. The standard InChI is InChI=1S/C50H57FN4O11S/c1-4-27-64-50-47(54(3)67(61,62)40-22-17-37(18-23-40)52-33(2)58)30-45(53-65-31-34-15-19-38(20-16-34)55(59)60)42-28-35(11-7-9-25-56)41(13-8-10-26-57)48(49(42)50)43-29-39(21-24-46(43)66-50)63-32-36-12-5-6-14-44(36)51/h4-6,12,14-24,28-29,35,41,47-49,56-57H,1,7-11,13,25-27,30-32H2,2-3H3,(H,52,58). The van der Waals surface area contributed by atoms with E-state index in [1.807, 2.05) is 6.07 Å². The SMILES string of the molecule is C=CCOC12Oc3ccc(OCc4ccccc4F)cc3C3C(CCCCO)C(CCCCO)C=C(C(=NOCc4ccc([N+](=O)[O-])cc4)CC1N(C)S(=O)(=O)c1ccc(NC(C)=O)cc1)C32. The lowest BCUT2D eigenvalue weighted by Gasteiger charge is -2.59. The number of hydrogen-bond acceptors (Lipinski definition) is 12. The maximum Gasteiger partial charge on any atom is 0.269 e. The lowest BCUT2D eigenvalue weighted by molar-refractivity contribution is -0.384. The van der Waals surface area contributed by atoms with Gasteiger partial charge in [-0.15, -0.1) is 6.58 Å². The Bertz CT molecular complexity index is 2570. The number of unbranched alkanes of at least 4 members (excludes halogenated alkanes) is 2. The number of carbonyl (C=O) groups is 1. The third kappa shape index (κ3) is 10.8. The summed E-state index contributed by atoms with van der Waals surface area (Å²) in [6, 6.07) is 22.5. The number of nitro benzene ring substituents is 1. The van der Waals surface area contributed by atoms with Crippen molar-refractivity contribution in [2.45, 2.75) is 87.7 Å². The summed E-state index contributed by atoms with van der Waals surface area (Å²) in [5.41, 5.74) is 3.28. The average molecular weight is 941 g/mol. The highest BCUT2D eigenvalue weighted by atomic mass is 32.2. The molecule has 1 amide bonds. The Morgan fingerprint density at radius 1 is 1.01 bits per heavy atom. The van der Waals surface area contributed by atoms with E-state index in [1.54, 1.807) is 48.5 Å². The summed E-state index contributed by atoms with van der Waals surface area (Å²) in [7, 11) is -2.87. The van der Waals surface area contributed by atoms with Gasteiger partial charge in [-0.05, 0) is 109 Å². The van der Waals surface area contributed by atoms with Crippen LogP contribution in [-0.4, -0.2) is 78.2 Å². The number of allylic oxidation sites excluding steroid dienone is 1. The Hall–Kier alpha value is -5.98. The first-order valence-corrected chi connectivity index (χ1v) is 23.9. The fraction of sp³-hybridized carbons (Fsp3) is 0.400. The zero-order chi connectivity index (χ0) is 47.7. The maximum absolute atomic E-state index is 14.9. The van der Waals surface area contributed by atoms with Crippen LogP contribution in [0.15, 0.2) is 125 Å². The monoisotopic (exact) mass is 940 g/mol. The molecule has 7 rings (SSSR count). The zero-order valence-corrected chi connectivity index (χ0v) is 38.4. The van der Waals surface area contributed by atoms with Gasteiger partial charge in [-0.25, -0.2) is 12.8 Å². The highest BCUT2D eigenvalue weighted by Gasteiger charge is 2.65. The highest BCUT2D eigenvalue weighted by Crippen LogP contribution is 2.62. The van der Waals surface area contributed by atoms with Gasteiger partial charge in [-0.1, -0.05) is 48.3 Å². The van der Waals surface area contributed by atoms with Crippen molar-refractivity contribution >= 4 is 33.0 Å². The average Bonchev–Trinajstić information content (AvgIpc) is 3.31. The lowest BCUT2D eigenvalue weighted by atomic mass is 9.55. The number of nitro groups is 1. The molecule has 15 nitrogen and oxygen atoms in total. The van der Waals surface area contributed by atoms with Crippen LogP contribution in [0.5, 0.6) is 11.5 Å². The van der Waals surface area contributed by atoms with E-state index in [0.717, 1.165) is 11.1 Å². The van der Waals surface area contributed by atoms with Gasteiger partial charge < -0.3 is 34.6 Å². The summed E-state index contributed by atoms with van der Waals surface area (Å²) in [6.07, 6.45) is 7.57. The number of anilines is 1. The summed E-state index contributed by atoms with van der Waals surface area (Å²) >= 11 is 0. The lowest BCUT2D eigenvalue weighted by Crippen LogP contribution is -2.69. The second kappa shape index (κ2) is 21.8. The predicted molar refractivity (Wildman–Crippen MR) is 249 cm³/mol. The molecular formula is C50H57FN4O11S. The van der Waals surface area contributed by atoms with Crippen LogP contribution >= 0.6 is 0 Å². The number of nitrogens with one attached hydrogen (secondary N) is 1. The van der Waals surface area contributed by atoms with Gasteiger partial charge in [0.2, 0.25) is 21.7 Å². The smallest absolute Gasteiger partial charge is 0.269 e. The van der Waals surface area contributed by atoms with E-state index in [4.69, 9.17) is 24.2 Å². The minimum absolute atomic E-state index is 0.00335. The van der Waals surface area contributed by atoms with E-state index in [1.165, 1.54) is 60.7 Å². The number of ether oxygens (including phenoxy) is 3. The number of fused-ring (bicyclic) bond motifs is 2. The van der Waals surface area contributed by atoms with Crippen LogP contribution in [0.3, 0.4) is 0 Å². The first-order valence-electron chi connectivity index (χ1n) is 22.5. The fourth-order valence-corrected chi connectivity index (χ4v) is 11.1. The molecule has 1 saturated carbocycles. The van der Waals surface area contributed by atoms with Crippen molar-refractivity contribution < 1.29 is 51.8 Å². The van der Waals surface area contributed by atoms with Crippen LogP contribution in [0, 0.1) is 33.7 Å². The predicted octanol–water partition coefficient (Wildman–Crippen LogP) is 8.43. The van der Waals surface area contributed by atoms with Gasteiger partial charge in [0.15, 0.2) is 0 Å². The van der Waals surface area contributed by atoms with Crippen LogP contribution < -0.4 is 14.8 Å². The molecule has 2 aliphatic carbocycles. The minimum Gasteiger partial charge on any atom is -0.489 e. The number of amides is 1. The summed E-state index contributed by atoms with van der Waals surface area (Å²) in [6.45, 7) is 5.21. The molecule has 1 aliphatic heterocycles.